The Balaban J connectivity index is 1.99. The summed E-state index contributed by atoms with van der Waals surface area (Å²) in [5, 5.41) is 4.71. The monoisotopic (exact) mass is 380 g/mol. The molecule has 0 unspecified atom stereocenters. The van der Waals surface area contributed by atoms with Gasteiger partial charge in [0.2, 0.25) is 5.91 Å². The van der Waals surface area contributed by atoms with Gasteiger partial charge in [-0.1, -0.05) is 15.9 Å². The molecule has 22 heavy (non-hydrogen) atoms. The summed E-state index contributed by atoms with van der Waals surface area (Å²) in [6, 6.07) is 7.53. The summed E-state index contributed by atoms with van der Waals surface area (Å²) < 4.78 is 0.962. The van der Waals surface area contributed by atoms with Crippen LogP contribution in [-0.2, 0) is 4.79 Å². The van der Waals surface area contributed by atoms with Crippen LogP contribution in [0.25, 0.3) is 0 Å². The molecule has 4 nitrogen and oxygen atoms in total. The minimum Gasteiger partial charge on any atom is -0.332 e. The topological polar surface area (TPSA) is 49.4 Å². The molecule has 1 aromatic carbocycles. The van der Waals surface area contributed by atoms with Gasteiger partial charge in [-0.2, -0.15) is 0 Å². The number of likely N-dealkylation sites (N-methyl/N-ethyl adjacent to an activating group) is 1. The Labute approximate surface area is 142 Å². The Morgan fingerprint density at radius 3 is 2.55 bits per heavy atom. The third-order valence-corrected chi connectivity index (χ3v) is 4.74. The van der Waals surface area contributed by atoms with E-state index in [1.807, 2.05) is 43.5 Å². The fourth-order valence-corrected chi connectivity index (χ4v) is 3.40. The summed E-state index contributed by atoms with van der Waals surface area (Å²) in [5.74, 6) is -0.342. The highest BCUT2D eigenvalue weighted by Crippen LogP contribution is 2.20. The van der Waals surface area contributed by atoms with Gasteiger partial charge < -0.3 is 10.2 Å². The van der Waals surface area contributed by atoms with Crippen molar-refractivity contribution in [3.63, 3.8) is 0 Å². The first-order valence-electron chi connectivity index (χ1n) is 6.74. The zero-order valence-corrected chi connectivity index (χ0v) is 15.0. The molecule has 1 N–H and O–H groups in total. The van der Waals surface area contributed by atoms with Crippen molar-refractivity contribution in [1.82, 2.24) is 4.90 Å². The van der Waals surface area contributed by atoms with E-state index in [0.717, 1.165) is 21.3 Å². The molecule has 1 heterocycles. The van der Waals surface area contributed by atoms with E-state index in [4.69, 9.17) is 0 Å². The maximum atomic E-state index is 12.3. The van der Waals surface area contributed by atoms with Gasteiger partial charge in [0.15, 0.2) is 0 Å². The molecular weight excluding hydrogens is 364 g/mol. The van der Waals surface area contributed by atoms with Crippen LogP contribution in [0.3, 0.4) is 0 Å². The number of nitrogens with zero attached hydrogens (tertiary/aromatic N) is 1. The molecule has 2 aromatic rings. The lowest BCUT2D eigenvalue weighted by molar-refractivity contribution is -0.116. The fraction of sp³-hybridized carbons (Fsp3) is 0.250. The van der Waals surface area contributed by atoms with Crippen LogP contribution in [0.15, 0.2) is 34.1 Å². The van der Waals surface area contributed by atoms with Crippen LogP contribution >= 0.6 is 27.3 Å². The van der Waals surface area contributed by atoms with Crippen LogP contribution in [0.2, 0.25) is 0 Å². The summed E-state index contributed by atoms with van der Waals surface area (Å²) >= 11 is 4.78. The maximum absolute atomic E-state index is 12.3. The lowest BCUT2D eigenvalue weighted by Crippen LogP contribution is -2.34. The molecule has 0 aliphatic heterocycles. The van der Waals surface area contributed by atoms with Gasteiger partial charge in [0, 0.05) is 17.2 Å². The lowest BCUT2D eigenvalue weighted by atomic mass is 10.2. The van der Waals surface area contributed by atoms with Crippen molar-refractivity contribution in [3.05, 3.63) is 50.1 Å². The van der Waals surface area contributed by atoms with Crippen molar-refractivity contribution in [2.75, 3.05) is 18.9 Å². The molecule has 1 aromatic heterocycles. The van der Waals surface area contributed by atoms with E-state index in [1.54, 1.807) is 7.05 Å². The van der Waals surface area contributed by atoms with E-state index in [0.29, 0.717) is 4.88 Å². The number of carbonyl (C=O) groups is 2. The SMILES string of the molecule is Cc1cc(Br)ccc1NC(=O)CN(C)C(=O)c1sccc1C. The van der Waals surface area contributed by atoms with Gasteiger partial charge in [0.1, 0.15) is 0 Å². The zero-order valence-electron chi connectivity index (χ0n) is 12.6. The molecule has 0 radical (unpaired) electrons. The van der Waals surface area contributed by atoms with Gasteiger partial charge >= 0.3 is 0 Å². The molecule has 0 fully saturated rings. The van der Waals surface area contributed by atoms with E-state index in [1.165, 1.54) is 16.2 Å². The summed E-state index contributed by atoms with van der Waals surface area (Å²) in [7, 11) is 1.63. The first kappa shape index (κ1) is 16.7. The number of halogens is 1. The van der Waals surface area contributed by atoms with Crippen molar-refractivity contribution >= 4 is 44.8 Å². The van der Waals surface area contributed by atoms with Crippen LogP contribution in [0.5, 0.6) is 0 Å². The number of benzene rings is 1. The predicted molar refractivity (Wildman–Crippen MR) is 93.5 cm³/mol. The molecule has 2 rings (SSSR count). The van der Waals surface area contributed by atoms with Gasteiger partial charge in [0.05, 0.1) is 11.4 Å². The number of hydrogen-bond acceptors (Lipinski definition) is 3. The minimum atomic E-state index is -0.213. The number of thiophene rings is 1. The highest BCUT2D eigenvalue weighted by Gasteiger charge is 2.18. The Morgan fingerprint density at radius 1 is 1.23 bits per heavy atom. The summed E-state index contributed by atoms with van der Waals surface area (Å²) in [6.07, 6.45) is 0. The second-order valence-electron chi connectivity index (χ2n) is 5.10. The molecule has 0 atom stereocenters. The number of anilines is 1. The first-order valence-corrected chi connectivity index (χ1v) is 8.41. The molecule has 0 bridgehead atoms. The van der Waals surface area contributed by atoms with Gasteiger partial charge in [-0.3, -0.25) is 9.59 Å². The Bertz CT molecular complexity index is 712. The molecule has 6 heteroatoms. The largest absolute Gasteiger partial charge is 0.332 e. The molecule has 0 saturated heterocycles. The van der Waals surface area contributed by atoms with Gasteiger partial charge in [0.25, 0.3) is 5.91 Å². The first-order chi connectivity index (χ1) is 10.4. The average Bonchev–Trinajstić information content (AvgIpc) is 2.87. The van der Waals surface area contributed by atoms with Crippen LogP contribution in [0, 0.1) is 13.8 Å². The summed E-state index contributed by atoms with van der Waals surface area (Å²) in [6.45, 7) is 3.83. The highest BCUT2D eigenvalue weighted by atomic mass is 79.9. The molecule has 116 valence electrons. The third kappa shape index (κ3) is 3.96. The number of hydrogen-bond donors (Lipinski definition) is 1. The van der Waals surface area contributed by atoms with Gasteiger partial charge in [-0.05, 0) is 54.6 Å². The predicted octanol–water partition coefficient (Wildman–Crippen LogP) is 3.84. The van der Waals surface area contributed by atoms with Crippen molar-refractivity contribution in [3.8, 4) is 0 Å². The van der Waals surface area contributed by atoms with Crippen molar-refractivity contribution in [1.29, 1.82) is 0 Å². The molecule has 0 aliphatic carbocycles. The van der Waals surface area contributed by atoms with Crippen molar-refractivity contribution in [2.24, 2.45) is 0 Å². The van der Waals surface area contributed by atoms with E-state index in [2.05, 4.69) is 21.2 Å². The summed E-state index contributed by atoms with van der Waals surface area (Å²) in [5.41, 5.74) is 2.65. The van der Waals surface area contributed by atoms with Crippen LogP contribution in [0.1, 0.15) is 20.8 Å². The second-order valence-corrected chi connectivity index (χ2v) is 6.93. The zero-order chi connectivity index (χ0) is 16.3. The normalized spacial score (nSPS) is 10.4. The molecule has 0 saturated carbocycles. The van der Waals surface area contributed by atoms with Crippen LogP contribution in [-0.4, -0.2) is 30.3 Å². The summed E-state index contributed by atoms with van der Waals surface area (Å²) in [4.78, 5) is 26.5. The smallest absolute Gasteiger partial charge is 0.264 e. The maximum Gasteiger partial charge on any atom is 0.264 e. The Hall–Kier alpha value is -1.66. The van der Waals surface area contributed by atoms with E-state index < -0.39 is 0 Å². The number of aryl methyl sites for hydroxylation is 2. The second kappa shape index (κ2) is 7.07. The van der Waals surface area contributed by atoms with Crippen LogP contribution in [0.4, 0.5) is 5.69 Å². The Morgan fingerprint density at radius 2 is 1.95 bits per heavy atom. The third-order valence-electron chi connectivity index (χ3n) is 3.25. The molecule has 0 spiro atoms. The highest BCUT2D eigenvalue weighted by molar-refractivity contribution is 9.10. The van der Waals surface area contributed by atoms with Crippen LogP contribution < -0.4 is 5.32 Å². The average molecular weight is 381 g/mol. The van der Waals surface area contributed by atoms with E-state index >= 15 is 0 Å². The standard InChI is InChI=1S/C16H17BrN2O2S/c1-10-6-7-22-15(10)16(21)19(3)9-14(20)18-13-5-4-12(17)8-11(13)2/h4-8H,9H2,1-3H3,(H,18,20). The van der Waals surface area contributed by atoms with Crippen molar-refractivity contribution in [2.45, 2.75) is 13.8 Å². The molecule has 0 aliphatic rings. The van der Waals surface area contributed by atoms with Crippen molar-refractivity contribution < 1.29 is 9.59 Å². The number of rotatable bonds is 4. The van der Waals surface area contributed by atoms with E-state index in [9.17, 15) is 9.59 Å². The van der Waals surface area contributed by atoms with Gasteiger partial charge in [-0.15, -0.1) is 11.3 Å². The quantitative estimate of drug-likeness (QED) is 0.875. The molecular formula is C16H17BrN2O2S. The number of nitrogens with one attached hydrogen (secondary N) is 1. The Kier molecular flexibility index (Phi) is 5.37. The molecule has 2 amide bonds. The van der Waals surface area contributed by atoms with Gasteiger partial charge in [-0.25, -0.2) is 0 Å². The fourth-order valence-electron chi connectivity index (χ4n) is 2.01. The number of amides is 2. The minimum absolute atomic E-state index is 0.0195. The lowest BCUT2D eigenvalue weighted by Gasteiger charge is -2.17. The van der Waals surface area contributed by atoms with E-state index in [-0.39, 0.29) is 18.4 Å². The number of carbonyl (C=O) groups excluding carboxylic acids is 2.